The Balaban J connectivity index is 1.29. The standard InChI is InChI=1S/C30H29N9O3/c1-36-12-14-37(15-13-36)21-7-5-20(6-8-21)33-30-32-19-24-27(35-30)34-28-23-18-22(42-17-16-40)9-10-25(23)38(39(28)29(24)41)26-4-2-3-11-31-26/h2-11,18-19,40H,12-17H2,1H3,(H,32,33,35). The van der Waals surface area contributed by atoms with Gasteiger partial charge >= 0.3 is 0 Å². The van der Waals surface area contributed by atoms with E-state index < -0.39 is 0 Å². The molecule has 7 rings (SSSR count). The number of fused-ring (bicyclic) bond motifs is 4. The monoisotopic (exact) mass is 563 g/mol. The van der Waals surface area contributed by atoms with Gasteiger partial charge in [-0.1, -0.05) is 6.07 Å². The first kappa shape index (κ1) is 25.9. The third-order valence-corrected chi connectivity index (χ3v) is 7.46. The third-order valence-electron chi connectivity index (χ3n) is 7.46. The zero-order valence-corrected chi connectivity index (χ0v) is 23.0. The van der Waals surface area contributed by atoms with E-state index in [4.69, 9.17) is 9.72 Å². The molecular weight excluding hydrogens is 534 g/mol. The highest BCUT2D eigenvalue weighted by Crippen LogP contribution is 2.28. The fraction of sp³-hybridized carbons (Fsp3) is 0.233. The predicted molar refractivity (Wildman–Crippen MR) is 161 cm³/mol. The maximum absolute atomic E-state index is 13.9. The molecule has 1 aliphatic rings. The summed E-state index contributed by atoms with van der Waals surface area (Å²) in [5.41, 5.74) is 3.09. The molecule has 12 heteroatoms. The van der Waals surface area contributed by atoms with E-state index in [-0.39, 0.29) is 29.8 Å². The summed E-state index contributed by atoms with van der Waals surface area (Å²) in [6, 6.07) is 19.1. The van der Waals surface area contributed by atoms with E-state index in [9.17, 15) is 9.90 Å². The lowest BCUT2D eigenvalue weighted by Crippen LogP contribution is -2.44. The van der Waals surface area contributed by atoms with E-state index in [0.717, 1.165) is 37.4 Å². The van der Waals surface area contributed by atoms with Gasteiger partial charge in [-0.05, 0) is 61.6 Å². The molecule has 0 aliphatic carbocycles. The summed E-state index contributed by atoms with van der Waals surface area (Å²) in [4.78, 5) is 36.9. The average molecular weight is 564 g/mol. The largest absolute Gasteiger partial charge is 0.491 e. The zero-order valence-electron chi connectivity index (χ0n) is 23.0. The number of nitrogens with zero attached hydrogens (tertiary/aromatic N) is 8. The predicted octanol–water partition coefficient (Wildman–Crippen LogP) is 2.84. The number of aliphatic hydroxyl groups excluding tert-OH is 1. The lowest BCUT2D eigenvalue weighted by atomic mass is 10.2. The molecule has 1 aliphatic heterocycles. The Labute approximate surface area is 240 Å². The van der Waals surface area contributed by atoms with Crippen LogP contribution in [0.1, 0.15) is 0 Å². The molecule has 4 aromatic heterocycles. The smallest absolute Gasteiger partial charge is 0.284 e. The van der Waals surface area contributed by atoms with Crippen LogP contribution in [0.4, 0.5) is 17.3 Å². The molecule has 12 nitrogen and oxygen atoms in total. The molecule has 5 heterocycles. The van der Waals surface area contributed by atoms with Crippen LogP contribution in [0.15, 0.2) is 77.9 Å². The fourth-order valence-electron chi connectivity index (χ4n) is 5.28. The number of likely N-dealkylation sites (N-methyl/N-ethyl adjacent to an activating group) is 1. The topological polar surface area (TPSA) is 126 Å². The number of nitrogens with one attached hydrogen (secondary N) is 1. The fourth-order valence-corrected chi connectivity index (χ4v) is 5.28. The van der Waals surface area contributed by atoms with Crippen LogP contribution >= 0.6 is 0 Å². The number of anilines is 3. The van der Waals surface area contributed by atoms with Gasteiger partial charge in [-0.2, -0.15) is 9.50 Å². The van der Waals surface area contributed by atoms with Crippen molar-refractivity contribution in [3.05, 3.63) is 83.4 Å². The van der Waals surface area contributed by atoms with E-state index in [0.29, 0.717) is 28.5 Å². The van der Waals surface area contributed by atoms with Crippen molar-refractivity contribution < 1.29 is 9.84 Å². The molecule has 42 heavy (non-hydrogen) atoms. The van der Waals surface area contributed by atoms with Gasteiger partial charge in [0.1, 0.15) is 17.7 Å². The van der Waals surface area contributed by atoms with Crippen molar-refractivity contribution >= 4 is 44.9 Å². The molecule has 2 N–H and O–H groups in total. The lowest BCUT2D eigenvalue weighted by Gasteiger charge is -2.34. The maximum atomic E-state index is 13.9. The van der Waals surface area contributed by atoms with Crippen molar-refractivity contribution in [1.29, 1.82) is 0 Å². The summed E-state index contributed by atoms with van der Waals surface area (Å²) in [6.45, 7) is 4.13. The van der Waals surface area contributed by atoms with Crippen LogP contribution in [0, 0.1) is 0 Å². The average Bonchev–Trinajstić information content (AvgIpc) is 3.35. The summed E-state index contributed by atoms with van der Waals surface area (Å²) in [5.74, 6) is 1.45. The second-order valence-corrected chi connectivity index (χ2v) is 10.2. The second-order valence-electron chi connectivity index (χ2n) is 10.2. The second kappa shape index (κ2) is 10.7. The number of ether oxygens (including phenoxy) is 1. The minimum absolute atomic E-state index is 0.110. The van der Waals surface area contributed by atoms with Gasteiger partial charge in [-0.25, -0.2) is 19.6 Å². The summed E-state index contributed by atoms with van der Waals surface area (Å²) in [7, 11) is 2.14. The van der Waals surface area contributed by atoms with Crippen molar-refractivity contribution in [2.75, 3.05) is 56.7 Å². The zero-order chi connectivity index (χ0) is 28.6. The molecule has 212 valence electrons. The first-order valence-corrected chi connectivity index (χ1v) is 13.8. The molecule has 6 aromatic rings. The normalized spacial score (nSPS) is 14.2. The SMILES string of the molecule is CN1CCN(c2ccc(Nc3ncc4c(=O)n5c(nc4n3)c3cc(OCCO)ccc3n5-c3ccccn3)cc2)CC1. The Morgan fingerprint density at radius 2 is 1.79 bits per heavy atom. The number of rotatable bonds is 7. The Morgan fingerprint density at radius 1 is 0.952 bits per heavy atom. The number of piperazine rings is 1. The highest BCUT2D eigenvalue weighted by Gasteiger charge is 2.20. The van der Waals surface area contributed by atoms with E-state index in [1.807, 2.05) is 36.4 Å². The minimum atomic E-state index is -0.322. The van der Waals surface area contributed by atoms with Gasteiger partial charge in [0.25, 0.3) is 5.56 Å². The van der Waals surface area contributed by atoms with E-state index >= 15 is 0 Å². The van der Waals surface area contributed by atoms with Crippen molar-refractivity contribution in [2.24, 2.45) is 0 Å². The Hall–Kier alpha value is -5.07. The number of aliphatic hydroxyl groups is 1. The number of benzene rings is 2. The van der Waals surface area contributed by atoms with Crippen LogP contribution in [-0.4, -0.2) is 85.6 Å². The molecule has 0 atom stereocenters. The van der Waals surface area contributed by atoms with Gasteiger partial charge in [-0.15, -0.1) is 0 Å². The van der Waals surface area contributed by atoms with Gasteiger partial charge in [0.05, 0.1) is 12.1 Å². The van der Waals surface area contributed by atoms with Crippen molar-refractivity contribution in [1.82, 2.24) is 34.0 Å². The molecular formula is C30H29N9O3. The number of hydrogen-bond donors (Lipinski definition) is 2. The van der Waals surface area contributed by atoms with Gasteiger partial charge in [-0.3, -0.25) is 4.79 Å². The van der Waals surface area contributed by atoms with Crippen molar-refractivity contribution in [2.45, 2.75) is 0 Å². The van der Waals surface area contributed by atoms with Crippen LogP contribution in [0.3, 0.4) is 0 Å². The first-order valence-electron chi connectivity index (χ1n) is 13.8. The summed E-state index contributed by atoms with van der Waals surface area (Å²) in [6.07, 6.45) is 3.17. The Bertz CT molecular complexity index is 1950. The molecule has 0 bridgehead atoms. The van der Waals surface area contributed by atoms with Crippen molar-refractivity contribution in [3.8, 4) is 11.6 Å². The molecule has 0 amide bonds. The highest BCUT2D eigenvalue weighted by molar-refractivity contribution is 5.96. The molecule has 2 aromatic carbocycles. The third kappa shape index (κ3) is 4.66. The lowest BCUT2D eigenvalue weighted by molar-refractivity contribution is 0.201. The quantitative estimate of drug-likeness (QED) is 0.299. The van der Waals surface area contributed by atoms with E-state index in [1.54, 1.807) is 23.0 Å². The van der Waals surface area contributed by atoms with Crippen LogP contribution in [0.5, 0.6) is 5.75 Å². The molecule has 0 spiro atoms. The van der Waals surface area contributed by atoms with Crippen molar-refractivity contribution in [3.63, 3.8) is 0 Å². The number of pyridine rings is 1. The van der Waals surface area contributed by atoms with Gasteiger partial charge in [0.15, 0.2) is 17.1 Å². The minimum Gasteiger partial charge on any atom is -0.491 e. The molecule has 0 saturated carbocycles. The van der Waals surface area contributed by atoms with Crippen LogP contribution in [-0.2, 0) is 0 Å². The van der Waals surface area contributed by atoms with Gasteiger partial charge in [0, 0.05) is 55.3 Å². The number of aromatic nitrogens is 6. The summed E-state index contributed by atoms with van der Waals surface area (Å²) in [5, 5.41) is 13.4. The van der Waals surface area contributed by atoms with Crippen LogP contribution in [0.25, 0.3) is 33.4 Å². The molecule has 0 unspecified atom stereocenters. The van der Waals surface area contributed by atoms with Gasteiger partial charge in [0.2, 0.25) is 5.95 Å². The Kier molecular flexibility index (Phi) is 6.61. The molecule has 1 saturated heterocycles. The summed E-state index contributed by atoms with van der Waals surface area (Å²) < 4.78 is 8.86. The number of hydrogen-bond acceptors (Lipinski definition) is 10. The van der Waals surface area contributed by atoms with Crippen LogP contribution < -0.4 is 20.5 Å². The molecule has 0 radical (unpaired) electrons. The van der Waals surface area contributed by atoms with E-state index in [2.05, 4.69) is 49.2 Å². The van der Waals surface area contributed by atoms with Gasteiger partial charge < -0.3 is 25.0 Å². The first-order chi connectivity index (χ1) is 20.6. The highest BCUT2D eigenvalue weighted by atomic mass is 16.5. The Morgan fingerprint density at radius 3 is 2.55 bits per heavy atom. The molecule has 1 fully saturated rings. The van der Waals surface area contributed by atoms with Crippen LogP contribution in [0.2, 0.25) is 0 Å². The summed E-state index contributed by atoms with van der Waals surface area (Å²) >= 11 is 0. The van der Waals surface area contributed by atoms with E-state index in [1.165, 1.54) is 16.4 Å². The maximum Gasteiger partial charge on any atom is 0.284 e.